The van der Waals surface area contributed by atoms with Gasteiger partial charge >= 0.3 is 5.91 Å². The maximum Gasteiger partial charge on any atom is 0.312 e. The zero-order valence-electron chi connectivity index (χ0n) is 17.3. The Hall–Kier alpha value is -1.06. The van der Waals surface area contributed by atoms with Gasteiger partial charge in [0.1, 0.15) is 18.8 Å². The summed E-state index contributed by atoms with van der Waals surface area (Å²) in [5.74, 6) is -0.287. The molecule has 2 aliphatic heterocycles. The van der Waals surface area contributed by atoms with E-state index in [9.17, 15) is 4.79 Å². The van der Waals surface area contributed by atoms with Crippen molar-refractivity contribution in [3.05, 3.63) is 63.1 Å². The minimum atomic E-state index is -0.189. The van der Waals surface area contributed by atoms with Gasteiger partial charge < -0.3 is 24.0 Å². The number of hydrazone groups is 1. The number of anilines is 1. The van der Waals surface area contributed by atoms with E-state index in [1.807, 2.05) is 42.3 Å². The second-order valence-corrected chi connectivity index (χ2v) is 9.48. The lowest BCUT2D eigenvalue weighted by atomic mass is 9.91. The minimum absolute atomic E-state index is 0. The predicted octanol–water partition coefficient (Wildman–Crippen LogP) is 2.48. The average molecular weight is 594 g/mol. The molecular weight excluding hydrogens is 570 g/mol. The molecule has 0 radical (unpaired) electrons. The molecule has 2 unspecified atom stereocenters. The standard InChI is InChI=1S/C22H23Cl3N4O.HI/c1-14-20(22(30)27-29(2)11-3-4-12-29)26-28(19-10-9-17(24)13-18(19)25)21(14)15-5-7-16(23)8-6-15;/h5-10,13-14,21H,3-4,11-12H2,1-2H3;1H. The number of carbonyl (C=O) groups is 1. The van der Waals surface area contributed by atoms with Gasteiger partial charge in [-0.15, -0.1) is 0 Å². The van der Waals surface area contributed by atoms with E-state index >= 15 is 0 Å². The number of likely N-dealkylation sites (tertiary alicyclic amines) is 1. The molecule has 166 valence electrons. The number of nitrogens with zero attached hydrogens (tertiary/aromatic N) is 3. The van der Waals surface area contributed by atoms with Crippen molar-refractivity contribution in [2.45, 2.75) is 25.8 Å². The number of hydrogen-bond acceptors (Lipinski definition) is 3. The van der Waals surface area contributed by atoms with E-state index in [-0.39, 0.29) is 41.8 Å². The van der Waals surface area contributed by atoms with E-state index in [1.54, 1.807) is 12.1 Å². The number of rotatable bonds is 4. The molecule has 2 aromatic rings. The minimum Gasteiger partial charge on any atom is -1.00 e. The average Bonchev–Trinajstić information content (AvgIpc) is 3.26. The molecule has 1 N–H and O–H groups in total. The Morgan fingerprint density at radius 2 is 1.68 bits per heavy atom. The second-order valence-electron chi connectivity index (χ2n) is 8.20. The summed E-state index contributed by atoms with van der Waals surface area (Å²) in [4.78, 5) is 13.2. The predicted molar refractivity (Wildman–Crippen MR) is 123 cm³/mol. The summed E-state index contributed by atoms with van der Waals surface area (Å²) in [6.07, 6.45) is 2.22. The monoisotopic (exact) mass is 592 g/mol. The number of amides is 1. The first-order valence-corrected chi connectivity index (χ1v) is 11.2. The fraction of sp³-hybridized carbons (Fsp3) is 0.364. The van der Waals surface area contributed by atoms with Gasteiger partial charge in [-0.1, -0.05) is 53.9 Å². The van der Waals surface area contributed by atoms with Crippen LogP contribution in [0.5, 0.6) is 0 Å². The molecule has 31 heavy (non-hydrogen) atoms. The summed E-state index contributed by atoms with van der Waals surface area (Å²) in [5.41, 5.74) is 5.37. The molecule has 2 heterocycles. The summed E-state index contributed by atoms with van der Waals surface area (Å²) in [6, 6.07) is 12.7. The molecule has 0 saturated carbocycles. The van der Waals surface area contributed by atoms with Gasteiger partial charge in [-0.05, 0) is 35.9 Å². The van der Waals surface area contributed by atoms with Crippen LogP contribution in [0.15, 0.2) is 47.6 Å². The summed E-state index contributed by atoms with van der Waals surface area (Å²) in [7, 11) is 2.05. The number of benzene rings is 2. The molecule has 2 aromatic carbocycles. The topological polar surface area (TPSA) is 44.7 Å². The van der Waals surface area contributed by atoms with Gasteiger partial charge in [-0.2, -0.15) is 10.5 Å². The van der Waals surface area contributed by atoms with E-state index < -0.39 is 0 Å². The van der Waals surface area contributed by atoms with E-state index in [2.05, 4.69) is 12.5 Å². The Bertz CT molecular complexity index is 993. The van der Waals surface area contributed by atoms with Crippen LogP contribution >= 0.6 is 34.8 Å². The lowest BCUT2D eigenvalue weighted by molar-refractivity contribution is -0.931. The Morgan fingerprint density at radius 1 is 1.06 bits per heavy atom. The first-order chi connectivity index (χ1) is 14.3. The summed E-state index contributed by atoms with van der Waals surface area (Å²) in [5, 5.41) is 8.27. The zero-order valence-corrected chi connectivity index (χ0v) is 21.7. The number of carbonyl (C=O) groups excluding carboxylic acids is 1. The van der Waals surface area contributed by atoms with Crippen molar-refractivity contribution in [1.29, 1.82) is 0 Å². The quantitative estimate of drug-likeness (QED) is 0.438. The van der Waals surface area contributed by atoms with E-state index in [0.717, 1.165) is 31.5 Å². The highest BCUT2D eigenvalue weighted by molar-refractivity contribution is 6.40. The lowest BCUT2D eigenvalue weighted by Gasteiger charge is -2.29. The third-order valence-corrected chi connectivity index (χ3v) is 6.70. The van der Waals surface area contributed by atoms with Crippen molar-refractivity contribution in [2.24, 2.45) is 11.0 Å². The van der Waals surface area contributed by atoms with Gasteiger partial charge in [0.25, 0.3) is 0 Å². The Kier molecular flexibility index (Phi) is 7.79. The van der Waals surface area contributed by atoms with Crippen molar-refractivity contribution >= 4 is 52.1 Å². The molecule has 2 atom stereocenters. The van der Waals surface area contributed by atoms with Crippen LogP contribution in [0.1, 0.15) is 31.4 Å². The molecular formula is C22H24Cl3IN4O. The maximum atomic E-state index is 13.2. The summed E-state index contributed by atoms with van der Waals surface area (Å²) >= 11 is 18.7. The highest BCUT2D eigenvalue weighted by atomic mass is 127. The molecule has 0 aliphatic carbocycles. The van der Waals surface area contributed by atoms with Crippen LogP contribution in [0.4, 0.5) is 5.69 Å². The Morgan fingerprint density at radius 3 is 2.29 bits per heavy atom. The molecule has 9 heteroatoms. The van der Waals surface area contributed by atoms with Crippen molar-refractivity contribution < 1.29 is 33.4 Å². The third-order valence-electron chi connectivity index (χ3n) is 5.91. The number of quaternary nitrogens is 1. The fourth-order valence-electron chi connectivity index (χ4n) is 4.29. The van der Waals surface area contributed by atoms with E-state index in [4.69, 9.17) is 39.9 Å². The normalized spacial score (nSPS) is 22.1. The van der Waals surface area contributed by atoms with Crippen molar-refractivity contribution in [1.82, 2.24) is 5.43 Å². The maximum absolute atomic E-state index is 13.2. The summed E-state index contributed by atoms with van der Waals surface area (Å²) < 4.78 is 0.540. The SMILES string of the molecule is CC1C(C(=O)N[N+]2(C)CCCC2)=NN(c2ccc(Cl)cc2Cl)C1c1ccc(Cl)cc1.[I-]. The Labute approximate surface area is 214 Å². The zero-order chi connectivity index (χ0) is 21.5. The van der Waals surface area contributed by atoms with Crippen LogP contribution in [0.25, 0.3) is 0 Å². The van der Waals surface area contributed by atoms with E-state index in [0.29, 0.717) is 31.1 Å². The van der Waals surface area contributed by atoms with Crippen LogP contribution in [0.3, 0.4) is 0 Å². The molecule has 5 nitrogen and oxygen atoms in total. The molecule has 0 spiro atoms. The molecule has 1 amide bonds. The van der Waals surface area contributed by atoms with Crippen LogP contribution in [-0.2, 0) is 4.79 Å². The molecule has 1 fully saturated rings. The highest BCUT2D eigenvalue weighted by Gasteiger charge is 2.42. The number of hydrogen-bond donors (Lipinski definition) is 1. The van der Waals surface area contributed by atoms with Crippen molar-refractivity contribution in [3.8, 4) is 0 Å². The van der Waals surface area contributed by atoms with Gasteiger partial charge in [0, 0.05) is 28.8 Å². The fourth-order valence-corrected chi connectivity index (χ4v) is 4.91. The van der Waals surface area contributed by atoms with Gasteiger partial charge in [0.2, 0.25) is 0 Å². The molecule has 0 bridgehead atoms. The van der Waals surface area contributed by atoms with Gasteiger partial charge in [0.05, 0.1) is 23.8 Å². The summed E-state index contributed by atoms with van der Waals surface area (Å²) in [6.45, 7) is 3.88. The van der Waals surface area contributed by atoms with Gasteiger partial charge in [-0.25, -0.2) is 4.59 Å². The molecule has 4 rings (SSSR count). The third kappa shape index (κ3) is 5.14. The van der Waals surface area contributed by atoms with Crippen LogP contribution in [0.2, 0.25) is 15.1 Å². The molecule has 1 saturated heterocycles. The lowest BCUT2D eigenvalue weighted by Crippen LogP contribution is -3.00. The highest BCUT2D eigenvalue weighted by Crippen LogP contribution is 2.42. The Balaban J connectivity index is 0.00000272. The first-order valence-electron chi connectivity index (χ1n) is 10.0. The van der Waals surface area contributed by atoms with Crippen LogP contribution in [-0.4, -0.2) is 36.3 Å². The van der Waals surface area contributed by atoms with Crippen molar-refractivity contribution in [2.75, 3.05) is 25.1 Å². The number of nitrogens with one attached hydrogen (secondary N) is 1. The van der Waals surface area contributed by atoms with Gasteiger partial charge in [0.15, 0.2) is 0 Å². The van der Waals surface area contributed by atoms with E-state index in [1.165, 1.54) is 0 Å². The molecule has 2 aliphatic rings. The van der Waals surface area contributed by atoms with Gasteiger partial charge in [-0.3, -0.25) is 9.80 Å². The van der Waals surface area contributed by atoms with Crippen molar-refractivity contribution in [3.63, 3.8) is 0 Å². The number of halogens is 4. The smallest absolute Gasteiger partial charge is 0.312 e. The molecule has 0 aromatic heterocycles. The van der Waals surface area contributed by atoms with Crippen LogP contribution < -0.4 is 34.4 Å². The largest absolute Gasteiger partial charge is 1.00 e. The first kappa shape index (κ1) is 24.6. The van der Waals surface area contributed by atoms with Crippen LogP contribution in [0, 0.1) is 5.92 Å². The second kappa shape index (κ2) is 9.83.